The number of halogens is 1. The molecule has 3 nitrogen and oxygen atoms in total. The van der Waals surface area contributed by atoms with Crippen molar-refractivity contribution in [3.8, 4) is 17.6 Å². The molecule has 2 aromatic rings. The van der Waals surface area contributed by atoms with Crippen molar-refractivity contribution in [1.82, 2.24) is 0 Å². The molecule has 0 saturated heterocycles. The molecule has 0 aliphatic rings. The van der Waals surface area contributed by atoms with Gasteiger partial charge in [-0.15, -0.1) is 23.4 Å². The third kappa shape index (κ3) is 6.36. The Morgan fingerprint density at radius 3 is 2.32 bits per heavy atom. The number of benzene rings is 2. The molecule has 2 aromatic carbocycles. The van der Waals surface area contributed by atoms with Gasteiger partial charge in [0.05, 0.1) is 20.3 Å². The molecule has 0 fully saturated rings. The Morgan fingerprint density at radius 1 is 1.00 bits per heavy atom. The maximum atomic E-state index is 10.2. The molecule has 0 radical (unpaired) electrons. The van der Waals surface area contributed by atoms with Crippen LogP contribution >= 0.6 is 23.4 Å². The molecule has 0 spiro atoms. The van der Waals surface area contributed by atoms with Crippen molar-refractivity contribution >= 4 is 23.4 Å². The van der Waals surface area contributed by atoms with E-state index in [1.54, 1.807) is 26.0 Å². The van der Waals surface area contributed by atoms with Gasteiger partial charge in [0.2, 0.25) is 0 Å². The number of thioether (sulfide) groups is 1. The Kier molecular flexibility index (Phi) is 9.02. The second kappa shape index (κ2) is 11.2. The molecule has 2 rings (SSSR count). The van der Waals surface area contributed by atoms with Crippen LogP contribution in [0.4, 0.5) is 0 Å². The number of ether oxygens (including phenoxy) is 2. The molecule has 28 heavy (non-hydrogen) atoms. The van der Waals surface area contributed by atoms with Crippen LogP contribution in [0.3, 0.4) is 0 Å². The maximum absolute atomic E-state index is 10.2. The summed E-state index contributed by atoms with van der Waals surface area (Å²) >= 11 is 7.48. The number of nitriles is 1. The van der Waals surface area contributed by atoms with Crippen molar-refractivity contribution in [2.24, 2.45) is 0 Å². The topological polar surface area (TPSA) is 42.2 Å². The van der Waals surface area contributed by atoms with E-state index in [0.717, 1.165) is 36.1 Å². The molecule has 0 heterocycles. The molecule has 0 amide bonds. The normalized spacial score (nSPS) is 12.8. The molecule has 1 atom stereocenters. The van der Waals surface area contributed by atoms with Crippen molar-refractivity contribution in [3.63, 3.8) is 0 Å². The smallest absolute Gasteiger partial charge is 0.160 e. The Balaban J connectivity index is 2.28. The number of hydrogen-bond donors (Lipinski definition) is 0. The van der Waals surface area contributed by atoms with Gasteiger partial charge in [-0.3, -0.25) is 0 Å². The standard InChI is InChI=1S/C23H28ClNO2S/c1-18-7-10-20(11-8-18)28-23(17-25,13-5-4-6-14-24)16-19-9-12-21(26-2)22(15-19)27-3/h7-12,15H,4-6,13-14,16H2,1-3H3. The van der Waals surface area contributed by atoms with Crippen LogP contribution in [0.2, 0.25) is 0 Å². The number of aryl methyl sites for hydroxylation is 1. The lowest BCUT2D eigenvalue weighted by molar-refractivity contribution is 0.354. The zero-order chi connectivity index (χ0) is 20.4. The average molecular weight is 418 g/mol. The summed E-state index contributed by atoms with van der Waals surface area (Å²) in [6.45, 7) is 2.07. The van der Waals surface area contributed by atoms with Crippen molar-refractivity contribution in [3.05, 3.63) is 53.6 Å². The van der Waals surface area contributed by atoms with Crippen molar-refractivity contribution in [2.75, 3.05) is 20.1 Å². The first-order valence-electron chi connectivity index (χ1n) is 9.49. The summed E-state index contributed by atoms with van der Waals surface area (Å²) in [6, 6.07) is 16.9. The first kappa shape index (κ1) is 22.5. The molecule has 0 N–H and O–H groups in total. The third-order valence-corrected chi connectivity index (χ3v) is 6.30. The van der Waals surface area contributed by atoms with Crippen LogP contribution in [0, 0.1) is 18.3 Å². The Bertz CT molecular complexity index is 788. The SMILES string of the molecule is COc1ccc(CC(C#N)(CCCCCCl)Sc2ccc(C)cc2)cc1OC. The van der Waals surface area contributed by atoms with Crippen LogP contribution < -0.4 is 9.47 Å². The predicted octanol–water partition coefficient (Wildman–Crippen LogP) is 6.41. The van der Waals surface area contributed by atoms with Crippen molar-refractivity contribution < 1.29 is 9.47 Å². The van der Waals surface area contributed by atoms with Gasteiger partial charge in [-0.05, 0) is 49.6 Å². The number of hydrogen-bond acceptors (Lipinski definition) is 4. The quantitative estimate of drug-likeness (QED) is 0.240. The monoisotopic (exact) mass is 417 g/mol. The summed E-state index contributed by atoms with van der Waals surface area (Å²) in [4.78, 5) is 1.12. The minimum absolute atomic E-state index is 0.541. The van der Waals surface area contributed by atoms with Gasteiger partial charge in [0, 0.05) is 17.2 Å². The summed E-state index contributed by atoms with van der Waals surface area (Å²) < 4.78 is 10.2. The Morgan fingerprint density at radius 2 is 1.71 bits per heavy atom. The van der Waals surface area contributed by atoms with Crippen LogP contribution in [-0.2, 0) is 6.42 Å². The molecular formula is C23H28ClNO2S. The van der Waals surface area contributed by atoms with E-state index in [9.17, 15) is 5.26 Å². The van der Waals surface area contributed by atoms with Crippen LogP contribution in [0.15, 0.2) is 47.4 Å². The van der Waals surface area contributed by atoms with E-state index in [4.69, 9.17) is 21.1 Å². The fourth-order valence-electron chi connectivity index (χ4n) is 3.13. The van der Waals surface area contributed by atoms with Gasteiger partial charge in [-0.25, -0.2) is 0 Å². The van der Waals surface area contributed by atoms with Gasteiger partial charge >= 0.3 is 0 Å². The fraction of sp³-hybridized carbons (Fsp3) is 0.435. The van der Waals surface area contributed by atoms with Crippen LogP contribution in [-0.4, -0.2) is 24.8 Å². The third-order valence-electron chi connectivity index (χ3n) is 4.69. The Hall–Kier alpha value is -1.83. The van der Waals surface area contributed by atoms with Crippen molar-refractivity contribution in [1.29, 1.82) is 5.26 Å². The number of unbranched alkanes of at least 4 members (excludes halogenated alkanes) is 2. The largest absolute Gasteiger partial charge is 0.493 e. The van der Waals surface area contributed by atoms with E-state index >= 15 is 0 Å². The molecule has 0 bridgehead atoms. The second-order valence-electron chi connectivity index (χ2n) is 6.89. The lowest BCUT2D eigenvalue weighted by Crippen LogP contribution is -2.26. The van der Waals surface area contributed by atoms with Crippen LogP contribution in [0.25, 0.3) is 0 Å². The first-order chi connectivity index (χ1) is 13.6. The minimum atomic E-state index is -0.541. The second-order valence-corrected chi connectivity index (χ2v) is 8.72. The van der Waals surface area contributed by atoms with Gasteiger partial charge in [0.25, 0.3) is 0 Å². The highest BCUT2D eigenvalue weighted by molar-refractivity contribution is 8.01. The van der Waals surface area contributed by atoms with Gasteiger partial charge < -0.3 is 9.47 Å². The van der Waals surface area contributed by atoms with Gasteiger partial charge in [-0.2, -0.15) is 5.26 Å². The number of alkyl halides is 1. The highest BCUT2D eigenvalue weighted by atomic mass is 35.5. The first-order valence-corrected chi connectivity index (χ1v) is 10.8. The van der Waals surface area contributed by atoms with E-state index in [1.165, 1.54) is 5.56 Å². The Labute approximate surface area is 178 Å². The molecule has 150 valence electrons. The zero-order valence-electron chi connectivity index (χ0n) is 16.8. The summed E-state index contributed by atoms with van der Waals surface area (Å²) in [6.07, 6.45) is 4.45. The summed E-state index contributed by atoms with van der Waals surface area (Å²) in [5.74, 6) is 2.05. The summed E-state index contributed by atoms with van der Waals surface area (Å²) in [7, 11) is 3.26. The average Bonchev–Trinajstić information content (AvgIpc) is 2.72. The number of rotatable bonds is 11. The van der Waals surface area contributed by atoms with E-state index in [2.05, 4.69) is 37.3 Å². The summed E-state index contributed by atoms with van der Waals surface area (Å²) in [5.41, 5.74) is 2.28. The van der Waals surface area contributed by atoms with Crippen molar-refractivity contribution in [2.45, 2.75) is 48.7 Å². The molecule has 1 unspecified atom stereocenters. The fourth-order valence-corrected chi connectivity index (χ4v) is 4.57. The highest BCUT2D eigenvalue weighted by Crippen LogP contribution is 2.41. The highest BCUT2D eigenvalue weighted by Gasteiger charge is 2.32. The maximum Gasteiger partial charge on any atom is 0.160 e. The van der Waals surface area contributed by atoms with E-state index in [1.807, 2.05) is 18.2 Å². The van der Waals surface area contributed by atoms with Gasteiger partial charge in [-0.1, -0.05) is 36.6 Å². The van der Waals surface area contributed by atoms with Gasteiger partial charge in [0.15, 0.2) is 11.5 Å². The van der Waals surface area contributed by atoms with Crippen LogP contribution in [0.5, 0.6) is 11.5 Å². The lowest BCUT2D eigenvalue weighted by Gasteiger charge is -2.27. The molecule has 0 aliphatic heterocycles. The molecular weight excluding hydrogens is 390 g/mol. The number of methoxy groups -OCH3 is 2. The lowest BCUT2D eigenvalue weighted by atomic mass is 9.93. The van der Waals surface area contributed by atoms with Gasteiger partial charge in [0.1, 0.15) is 4.75 Å². The molecule has 0 saturated carbocycles. The van der Waals surface area contributed by atoms with E-state index in [0.29, 0.717) is 23.8 Å². The summed E-state index contributed by atoms with van der Waals surface area (Å²) in [5, 5.41) is 10.2. The minimum Gasteiger partial charge on any atom is -0.493 e. The molecule has 5 heteroatoms. The van der Waals surface area contributed by atoms with E-state index < -0.39 is 4.75 Å². The van der Waals surface area contributed by atoms with Crippen LogP contribution in [0.1, 0.15) is 36.8 Å². The predicted molar refractivity (Wildman–Crippen MR) is 118 cm³/mol. The molecule has 0 aliphatic carbocycles. The van der Waals surface area contributed by atoms with E-state index in [-0.39, 0.29) is 0 Å². The molecule has 0 aromatic heterocycles. The number of nitrogens with zero attached hydrogens (tertiary/aromatic N) is 1. The zero-order valence-corrected chi connectivity index (χ0v) is 18.4.